The predicted octanol–water partition coefficient (Wildman–Crippen LogP) is 0.385. The lowest BCUT2D eigenvalue weighted by molar-refractivity contribution is -0.929. The van der Waals surface area contributed by atoms with E-state index < -0.39 is 0 Å². The number of nitrogens with two attached hydrogens (primary N) is 4. The van der Waals surface area contributed by atoms with Gasteiger partial charge >= 0.3 is 0 Å². The molecule has 5 nitrogen and oxygen atoms in total. The highest BCUT2D eigenvalue weighted by molar-refractivity contribution is 7.80. The van der Waals surface area contributed by atoms with Crippen molar-refractivity contribution in [1.29, 1.82) is 0 Å². The maximum absolute atomic E-state index is 4.62. The first kappa shape index (κ1) is 33.2. The van der Waals surface area contributed by atoms with Crippen molar-refractivity contribution in [3.05, 3.63) is 0 Å². The van der Waals surface area contributed by atoms with Gasteiger partial charge in [0.1, 0.15) is 0 Å². The third kappa shape index (κ3) is 31.4. The zero-order chi connectivity index (χ0) is 20.1. The Kier molecular flexibility index (Phi) is 31.5. The lowest BCUT2D eigenvalue weighted by Gasteiger charge is -2.39. The first-order chi connectivity index (χ1) is 11.7. The van der Waals surface area contributed by atoms with E-state index in [0.717, 1.165) is 0 Å². The highest BCUT2D eigenvalue weighted by Gasteiger charge is 2.24. The molecule has 8 heteroatoms. The SMILES string of the molecule is CCCC[N+](CCCC)(CCCC)CCCC.NC(N)=S.NC(N)=S.[Cl-]. The fourth-order valence-corrected chi connectivity index (χ4v) is 2.64. The number of rotatable bonds is 12. The number of halogens is 1. The molecule has 0 heterocycles. The van der Waals surface area contributed by atoms with Crippen LogP contribution in [0.25, 0.3) is 0 Å². The van der Waals surface area contributed by atoms with Gasteiger partial charge in [0.25, 0.3) is 0 Å². The number of thiocarbonyl (C=S) groups is 2. The monoisotopic (exact) mass is 429 g/mol. The summed E-state index contributed by atoms with van der Waals surface area (Å²) >= 11 is 8.19. The smallest absolute Gasteiger partial charge is 0.160 e. The Bertz CT molecular complexity index is 260. The van der Waals surface area contributed by atoms with Crippen LogP contribution in [-0.4, -0.2) is 40.9 Å². The largest absolute Gasteiger partial charge is 1.00 e. The van der Waals surface area contributed by atoms with Gasteiger partial charge in [-0.15, -0.1) is 0 Å². The summed E-state index contributed by atoms with van der Waals surface area (Å²) in [6, 6.07) is 0. The summed E-state index contributed by atoms with van der Waals surface area (Å²) < 4.78 is 1.42. The quantitative estimate of drug-likeness (QED) is 0.264. The minimum atomic E-state index is 0. The summed E-state index contributed by atoms with van der Waals surface area (Å²) in [4.78, 5) is 0. The van der Waals surface area contributed by atoms with E-state index in [4.69, 9.17) is 0 Å². The van der Waals surface area contributed by atoms with Crippen LogP contribution in [0, 0.1) is 0 Å². The van der Waals surface area contributed by atoms with E-state index in [2.05, 4.69) is 75.1 Å². The topological polar surface area (TPSA) is 104 Å². The van der Waals surface area contributed by atoms with Crippen LogP contribution in [0.5, 0.6) is 0 Å². The van der Waals surface area contributed by atoms with Crippen LogP contribution in [0.3, 0.4) is 0 Å². The number of nitrogens with zero attached hydrogens (tertiary/aromatic N) is 1. The summed E-state index contributed by atoms with van der Waals surface area (Å²) in [5.74, 6) is 0. The Morgan fingerprint density at radius 2 is 0.731 bits per heavy atom. The zero-order valence-electron chi connectivity index (χ0n) is 17.4. The molecule has 0 aromatic carbocycles. The molecule has 0 atom stereocenters. The molecule has 0 radical (unpaired) electrons. The average molecular weight is 430 g/mol. The Morgan fingerprint density at radius 1 is 0.577 bits per heavy atom. The van der Waals surface area contributed by atoms with Gasteiger partial charge in [-0.2, -0.15) is 0 Å². The van der Waals surface area contributed by atoms with Crippen molar-refractivity contribution in [2.45, 2.75) is 79.1 Å². The van der Waals surface area contributed by atoms with Gasteiger partial charge in [-0.3, -0.25) is 0 Å². The Balaban J connectivity index is -0.000000226. The van der Waals surface area contributed by atoms with Gasteiger partial charge in [-0.25, -0.2) is 0 Å². The van der Waals surface area contributed by atoms with Gasteiger partial charge in [0, 0.05) is 0 Å². The molecule has 0 aromatic rings. The van der Waals surface area contributed by atoms with Crippen molar-refractivity contribution >= 4 is 34.7 Å². The van der Waals surface area contributed by atoms with Gasteiger partial charge in [0.2, 0.25) is 0 Å². The molecule has 0 spiro atoms. The second kappa shape index (κ2) is 24.6. The molecule has 26 heavy (non-hydrogen) atoms. The molecule has 0 rings (SSSR count). The van der Waals surface area contributed by atoms with Crippen molar-refractivity contribution in [2.75, 3.05) is 26.2 Å². The molecule has 0 aliphatic heterocycles. The fourth-order valence-electron chi connectivity index (χ4n) is 2.64. The summed E-state index contributed by atoms with van der Waals surface area (Å²) in [5, 5.41) is 0.000000000000000444. The summed E-state index contributed by atoms with van der Waals surface area (Å²) in [6.45, 7) is 15.0. The third-order valence-corrected chi connectivity index (χ3v) is 3.94. The van der Waals surface area contributed by atoms with Crippen LogP contribution in [-0.2, 0) is 0 Å². The van der Waals surface area contributed by atoms with E-state index in [-0.39, 0.29) is 22.6 Å². The number of hydrogen-bond donors (Lipinski definition) is 4. The van der Waals surface area contributed by atoms with Crippen molar-refractivity contribution in [3.63, 3.8) is 0 Å². The van der Waals surface area contributed by atoms with E-state index in [1.165, 1.54) is 82.0 Å². The van der Waals surface area contributed by atoms with Crippen LogP contribution >= 0.6 is 24.4 Å². The molecule has 0 bridgehead atoms. The molecule has 0 fully saturated rings. The van der Waals surface area contributed by atoms with Crippen molar-refractivity contribution < 1.29 is 16.9 Å². The standard InChI is InChI=1S/C16H36N.2CH4N2S.ClH/c1-5-9-13-17(14-10-6-2,15-11-7-3)16-12-8-4;2*2-1(3)4;/h5-16H2,1-4H3;2*(H4,2,3,4);1H/q+1;;;/p-1. The lowest BCUT2D eigenvalue weighted by atomic mass is 10.1. The van der Waals surface area contributed by atoms with E-state index in [9.17, 15) is 0 Å². The van der Waals surface area contributed by atoms with Crippen LogP contribution in [0.4, 0.5) is 0 Å². The number of quaternary nitrogens is 1. The Labute approximate surface area is 179 Å². The predicted molar refractivity (Wildman–Crippen MR) is 121 cm³/mol. The summed E-state index contributed by atoms with van der Waals surface area (Å²) in [7, 11) is 0. The van der Waals surface area contributed by atoms with Gasteiger partial charge in [-0.1, -0.05) is 53.4 Å². The first-order valence-corrected chi connectivity index (χ1v) is 10.5. The van der Waals surface area contributed by atoms with Gasteiger partial charge < -0.3 is 39.8 Å². The minimum absolute atomic E-state index is 0. The maximum atomic E-state index is 4.62. The second-order valence-corrected chi connectivity index (χ2v) is 7.40. The van der Waals surface area contributed by atoms with E-state index in [1.54, 1.807) is 0 Å². The zero-order valence-corrected chi connectivity index (χ0v) is 19.8. The normalized spacial score (nSPS) is 9.69. The highest BCUT2D eigenvalue weighted by Crippen LogP contribution is 2.16. The number of unbranched alkanes of at least 4 members (excludes halogenated alkanes) is 4. The highest BCUT2D eigenvalue weighted by atomic mass is 35.5. The molecule has 0 aromatic heterocycles. The third-order valence-electron chi connectivity index (χ3n) is 3.94. The lowest BCUT2D eigenvalue weighted by Crippen LogP contribution is -3.00. The van der Waals surface area contributed by atoms with Gasteiger partial charge in [-0.05, 0) is 50.1 Å². The van der Waals surface area contributed by atoms with Crippen LogP contribution in [0.2, 0.25) is 0 Å². The molecule has 0 aliphatic carbocycles. The van der Waals surface area contributed by atoms with Crippen LogP contribution < -0.4 is 35.3 Å². The maximum Gasteiger partial charge on any atom is 0.160 e. The molecule has 0 saturated carbocycles. The minimum Gasteiger partial charge on any atom is -1.00 e. The van der Waals surface area contributed by atoms with Gasteiger partial charge in [0.05, 0.1) is 26.2 Å². The molecule has 0 saturated heterocycles. The molecule has 0 unspecified atom stereocenters. The van der Waals surface area contributed by atoms with E-state index in [1.807, 2.05) is 0 Å². The van der Waals surface area contributed by atoms with Crippen molar-refractivity contribution in [2.24, 2.45) is 22.9 Å². The molecule has 8 N–H and O–H groups in total. The van der Waals surface area contributed by atoms with Gasteiger partial charge in [0.15, 0.2) is 10.2 Å². The molecular formula is C18H44ClN5S2. The number of hydrogen-bond acceptors (Lipinski definition) is 2. The Hall–Kier alpha value is -0.370. The van der Waals surface area contributed by atoms with Crippen LogP contribution in [0.15, 0.2) is 0 Å². The van der Waals surface area contributed by atoms with Crippen molar-refractivity contribution in [1.82, 2.24) is 0 Å². The van der Waals surface area contributed by atoms with E-state index >= 15 is 0 Å². The molecule has 0 amide bonds. The van der Waals surface area contributed by atoms with Crippen LogP contribution in [0.1, 0.15) is 79.1 Å². The van der Waals surface area contributed by atoms with E-state index in [0.29, 0.717) is 0 Å². The fraction of sp³-hybridized carbons (Fsp3) is 0.889. The molecule has 160 valence electrons. The summed E-state index contributed by atoms with van der Waals surface area (Å²) in [6.07, 6.45) is 11.1. The van der Waals surface area contributed by atoms with Crippen molar-refractivity contribution in [3.8, 4) is 0 Å². The molecule has 0 aliphatic rings. The second-order valence-electron chi connectivity index (χ2n) is 6.46. The summed E-state index contributed by atoms with van der Waals surface area (Å²) in [5.41, 5.74) is 18.5. The molecular weight excluding hydrogens is 386 g/mol. The first-order valence-electron chi connectivity index (χ1n) is 9.66. The average Bonchev–Trinajstić information content (AvgIpc) is 2.52. The Morgan fingerprint density at radius 3 is 0.846 bits per heavy atom.